The lowest BCUT2D eigenvalue weighted by atomic mass is 9.95. The van der Waals surface area contributed by atoms with Crippen molar-refractivity contribution in [2.45, 2.75) is 26.2 Å². The van der Waals surface area contributed by atoms with Crippen molar-refractivity contribution < 1.29 is 9.18 Å². The first kappa shape index (κ1) is 17.0. The Labute approximate surface area is 146 Å². The molecule has 0 spiro atoms. The molecule has 3 aromatic rings. The maximum Gasteiger partial charge on any atom is 0.213 e. The fourth-order valence-electron chi connectivity index (χ4n) is 2.72. The lowest BCUT2D eigenvalue weighted by Crippen LogP contribution is -2.13. The van der Waals surface area contributed by atoms with E-state index in [1.54, 1.807) is 25.3 Å². The van der Waals surface area contributed by atoms with E-state index in [9.17, 15) is 9.18 Å². The van der Waals surface area contributed by atoms with E-state index in [1.165, 1.54) is 6.07 Å². The van der Waals surface area contributed by atoms with Crippen LogP contribution in [0.2, 0.25) is 0 Å². The average Bonchev–Trinajstić information content (AvgIpc) is 2.61. The molecule has 126 valence electrons. The van der Waals surface area contributed by atoms with Crippen LogP contribution in [0.3, 0.4) is 0 Å². The van der Waals surface area contributed by atoms with Crippen LogP contribution in [-0.2, 0) is 11.2 Å². The Morgan fingerprint density at radius 2 is 1.84 bits per heavy atom. The number of pyridine rings is 2. The van der Waals surface area contributed by atoms with Crippen LogP contribution < -0.4 is 0 Å². The smallest absolute Gasteiger partial charge is 0.213 e. The highest BCUT2D eigenvalue weighted by Crippen LogP contribution is 2.21. The molecular formula is C21H19FN2O. The zero-order valence-corrected chi connectivity index (χ0v) is 14.2. The van der Waals surface area contributed by atoms with E-state index in [-0.39, 0.29) is 5.78 Å². The van der Waals surface area contributed by atoms with E-state index in [4.69, 9.17) is 0 Å². The third-order valence-corrected chi connectivity index (χ3v) is 4.23. The summed E-state index contributed by atoms with van der Waals surface area (Å²) in [6.45, 7) is 3.72. The van der Waals surface area contributed by atoms with Crippen molar-refractivity contribution in [2.24, 2.45) is 0 Å². The molecule has 1 unspecified atom stereocenters. The summed E-state index contributed by atoms with van der Waals surface area (Å²) in [6.07, 6.45) is 2.09. The van der Waals surface area contributed by atoms with Gasteiger partial charge in [-0.1, -0.05) is 30.3 Å². The molecule has 3 rings (SSSR count). The van der Waals surface area contributed by atoms with Gasteiger partial charge in [-0.2, -0.15) is 4.39 Å². The number of nitrogens with zero attached hydrogens (tertiary/aromatic N) is 2. The van der Waals surface area contributed by atoms with Crippen LogP contribution >= 0.6 is 0 Å². The van der Waals surface area contributed by atoms with Gasteiger partial charge in [0.2, 0.25) is 5.95 Å². The van der Waals surface area contributed by atoms with E-state index in [2.05, 4.69) is 9.97 Å². The fourth-order valence-corrected chi connectivity index (χ4v) is 2.72. The third kappa shape index (κ3) is 4.15. The molecule has 0 saturated heterocycles. The number of aromatic nitrogens is 2. The number of hydrogen-bond donors (Lipinski definition) is 0. The Hall–Kier alpha value is -2.88. The topological polar surface area (TPSA) is 42.9 Å². The first-order valence-corrected chi connectivity index (χ1v) is 8.20. The molecule has 1 atom stereocenters. The molecule has 25 heavy (non-hydrogen) atoms. The summed E-state index contributed by atoms with van der Waals surface area (Å²) in [5, 5.41) is 0. The van der Waals surface area contributed by atoms with Gasteiger partial charge in [-0.25, -0.2) is 4.98 Å². The minimum absolute atomic E-state index is 0.0191. The molecule has 2 heterocycles. The second kappa shape index (κ2) is 7.34. The Balaban J connectivity index is 1.72. The Kier molecular flexibility index (Phi) is 4.98. The van der Waals surface area contributed by atoms with Gasteiger partial charge < -0.3 is 0 Å². The molecular weight excluding hydrogens is 315 g/mol. The van der Waals surface area contributed by atoms with Crippen LogP contribution in [0.5, 0.6) is 0 Å². The van der Waals surface area contributed by atoms with E-state index >= 15 is 0 Å². The zero-order chi connectivity index (χ0) is 17.8. The lowest BCUT2D eigenvalue weighted by Gasteiger charge is -2.10. The van der Waals surface area contributed by atoms with Crippen molar-refractivity contribution in [3.63, 3.8) is 0 Å². The minimum atomic E-state index is -0.561. The molecule has 0 fully saturated rings. The van der Waals surface area contributed by atoms with Crippen molar-refractivity contribution in [1.29, 1.82) is 0 Å². The minimum Gasteiger partial charge on any atom is -0.299 e. The summed E-state index contributed by atoms with van der Waals surface area (Å²) >= 11 is 0. The Morgan fingerprint density at radius 1 is 1.08 bits per heavy atom. The molecule has 0 saturated carbocycles. The molecule has 0 radical (unpaired) electrons. The summed E-state index contributed by atoms with van der Waals surface area (Å²) in [7, 11) is 0. The molecule has 0 N–H and O–H groups in total. The number of carbonyl (C=O) groups is 1. The second-order valence-electron chi connectivity index (χ2n) is 6.13. The summed E-state index contributed by atoms with van der Waals surface area (Å²) in [5.41, 5.74) is 4.55. The molecule has 0 aliphatic rings. The van der Waals surface area contributed by atoms with Gasteiger partial charge in [0.1, 0.15) is 5.78 Å². The van der Waals surface area contributed by atoms with Gasteiger partial charge in [0.05, 0.1) is 11.6 Å². The number of benzene rings is 1. The maximum atomic E-state index is 13.2. The van der Waals surface area contributed by atoms with Gasteiger partial charge in [0.15, 0.2) is 0 Å². The first-order valence-electron chi connectivity index (χ1n) is 8.20. The second-order valence-corrected chi connectivity index (χ2v) is 6.13. The fraction of sp³-hybridized carbons (Fsp3) is 0.190. The molecule has 0 aliphatic heterocycles. The first-order chi connectivity index (χ1) is 12.0. The monoisotopic (exact) mass is 334 g/mol. The number of carbonyl (C=O) groups excluding carboxylic acids is 1. The van der Waals surface area contributed by atoms with Gasteiger partial charge in [0, 0.05) is 18.3 Å². The van der Waals surface area contributed by atoms with Crippen LogP contribution in [0.15, 0.2) is 60.8 Å². The van der Waals surface area contributed by atoms with Gasteiger partial charge in [-0.3, -0.25) is 9.78 Å². The highest BCUT2D eigenvalue weighted by atomic mass is 19.1. The normalized spacial score (nSPS) is 12.0. The van der Waals surface area contributed by atoms with Crippen molar-refractivity contribution >= 4 is 5.78 Å². The van der Waals surface area contributed by atoms with Crippen LogP contribution in [0.25, 0.3) is 11.1 Å². The van der Waals surface area contributed by atoms with Crippen molar-refractivity contribution in [2.75, 3.05) is 0 Å². The molecule has 0 bridgehead atoms. The van der Waals surface area contributed by atoms with Crippen LogP contribution in [0, 0.1) is 12.9 Å². The van der Waals surface area contributed by atoms with Crippen LogP contribution in [-0.4, -0.2) is 15.8 Å². The summed E-state index contributed by atoms with van der Waals surface area (Å²) in [5.74, 6) is -0.974. The van der Waals surface area contributed by atoms with E-state index < -0.39 is 11.9 Å². The predicted molar refractivity (Wildman–Crippen MR) is 95.7 cm³/mol. The van der Waals surface area contributed by atoms with Crippen LogP contribution in [0.1, 0.15) is 29.8 Å². The number of Topliss-reactive ketones (excluding diaryl/α,β-unsaturated/α-hetero) is 1. The quantitative estimate of drug-likeness (QED) is 0.645. The third-order valence-electron chi connectivity index (χ3n) is 4.23. The van der Waals surface area contributed by atoms with E-state index in [0.29, 0.717) is 12.1 Å². The van der Waals surface area contributed by atoms with Gasteiger partial charge in [-0.05, 0) is 54.8 Å². The van der Waals surface area contributed by atoms with Crippen molar-refractivity contribution in [3.05, 3.63) is 83.7 Å². The summed E-state index contributed by atoms with van der Waals surface area (Å²) < 4.78 is 13.2. The van der Waals surface area contributed by atoms with Gasteiger partial charge >= 0.3 is 0 Å². The molecule has 0 amide bonds. The maximum absolute atomic E-state index is 13.2. The number of hydrogen-bond acceptors (Lipinski definition) is 3. The van der Waals surface area contributed by atoms with Crippen molar-refractivity contribution in [3.8, 4) is 11.1 Å². The molecule has 4 heteroatoms. The average molecular weight is 334 g/mol. The lowest BCUT2D eigenvalue weighted by molar-refractivity contribution is -0.119. The van der Waals surface area contributed by atoms with Gasteiger partial charge in [0.25, 0.3) is 0 Å². The molecule has 0 aliphatic carbocycles. The number of ketones is 1. The standard InChI is InChI=1S/C21H19FN2O/c1-14-12-18(10-11-23-14)17-8-6-16(7-9-17)13-20(25)15(2)19-4-3-5-21(22)24-19/h3-12,15H,13H2,1-2H3. The summed E-state index contributed by atoms with van der Waals surface area (Å²) in [4.78, 5) is 20.5. The highest BCUT2D eigenvalue weighted by Gasteiger charge is 2.17. The Morgan fingerprint density at radius 3 is 2.52 bits per heavy atom. The van der Waals surface area contributed by atoms with Gasteiger partial charge in [-0.15, -0.1) is 0 Å². The predicted octanol–water partition coefficient (Wildman–Crippen LogP) is 4.51. The van der Waals surface area contributed by atoms with E-state index in [1.807, 2.05) is 43.3 Å². The summed E-state index contributed by atoms with van der Waals surface area (Å²) in [6, 6.07) is 16.4. The molecule has 1 aromatic carbocycles. The number of aryl methyl sites for hydroxylation is 1. The van der Waals surface area contributed by atoms with Crippen LogP contribution in [0.4, 0.5) is 4.39 Å². The zero-order valence-electron chi connectivity index (χ0n) is 14.2. The SMILES string of the molecule is Cc1cc(-c2ccc(CC(=O)C(C)c3cccc(F)n3)cc2)ccn1. The highest BCUT2D eigenvalue weighted by molar-refractivity contribution is 5.87. The Bertz CT molecular complexity index is 890. The molecule has 2 aromatic heterocycles. The number of rotatable bonds is 5. The van der Waals surface area contributed by atoms with E-state index in [0.717, 1.165) is 22.4 Å². The largest absolute Gasteiger partial charge is 0.299 e. The number of halogens is 1. The molecule has 3 nitrogen and oxygen atoms in total. The van der Waals surface area contributed by atoms with Crippen molar-refractivity contribution in [1.82, 2.24) is 9.97 Å².